The van der Waals surface area contributed by atoms with Crippen LogP contribution in [-0.2, 0) is 18.5 Å². The van der Waals surface area contributed by atoms with E-state index in [2.05, 4.69) is 58.3 Å². The Morgan fingerprint density at radius 2 is 1.62 bits per heavy atom. The first-order valence-electron chi connectivity index (χ1n) is 14.7. The normalized spacial score (nSPS) is 41.7. The maximum atomic E-state index is 6.63. The van der Waals surface area contributed by atoms with Crippen molar-refractivity contribution in [1.29, 1.82) is 0 Å². The highest BCUT2D eigenvalue weighted by Gasteiger charge is 2.63. The van der Waals surface area contributed by atoms with Crippen LogP contribution < -0.4 is 0 Å². The van der Waals surface area contributed by atoms with Crippen LogP contribution in [0.2, 0.25) is 39.3 Å². The molecule has 0 amide bonds. The first-order valence-corrected chi connectivity index (χ1v) is 21.5. The third kappa shape index (κ3) is 5.92. The molecule has 4 saturated carbocycles. The summed E-state index contributed by atoms with van der Waals surface area (Å²) in [6, 6.07) is 0. The van der Waals surface area contributed by atoms with E-state index < -0.39 is 16.6 Å². The molecule has 6 nitrogen and oxygen atoms in total. The molecule has 0 aromatic rings. The average Bonchev–Trinajstić information content (AvgIpc) is 3.12. The number of hydrogen-bond acceptors (Lipinski definition) is 6. The Labute approximate surface area is 228 Å². The van der Waals surface area contributed by atoms with E-state index in [1.807, 2.05) is 0 Å². The van der Waals surface area contributed by atoms with Crippen LogP contribution in [0.1, 0.15) is 65.2 Å². The second kappa shape index (κ2) is 10.7. The van der Waals surface area contributed by atoms with Crippen LogP contribution in [0.4, 0.5) is 0 Å². The Balaban J connectivity index is 1.61. The summed E-state index contributed by atoms with van der Waals surface area (Å²) >= 11 is 0. The molecule has 8 heteroatoms. The Kier molecular flexibility index (Phi) is 8.46. The molecule has 37 heavy (non-hydrogen) atoms. The highest BCUT2D eigenvalue weighted by atomic mass is 28.4. The van der Waals surface area contributed by atoms with E-state index in [1.54, 1.807) is 14.2 Å². The van der Waals surface area contributed by atoms with E-state index in [-0.39, 0.29) is 10.8 Å². The molecule has 0 heterocycles. The highest BCUT2D eigenvalue weighted by Crippen LogP contribution is 2.67. The van der Waals surface area contributed by atoms with Gasteiger partial charge in [-0.2, -0.15) is 0 Å². The van der Waals surface area contributed by atoms with Gasteiger partial charge >= 0.3 is 0 Å². The summed E-state index contributed by atoms with van der Waals surface area (Å²) in [6.07, 6.45) is 10.1. The van der Waals surface area contributed by atoms with Crippen molar-refractivity contribution in [2.45, 2.75) is 111 Å². The SMILES string of the molecule is CO/N=C(\CO[Si](C)(C)C)C1CCC2C3CC[C@@H]4C[C@H](O[Si](C)(C)C)CCC4(C)C3/C(=N/OC)CC12C. The molecule has 6 unspecified atom stereocenters. The van der Waals surface area contributed by atoms with Gasteiger partial charge in [-0.05, 0) is 119 Å². The molecule has 0 spiro atoms. The summed E-state index contributed by atoms with van der Waals surface area (Å²) in [6.45, 7) is 19.4. The van der Waals surface area contributed by atoms with Crippen LogP contribution in [0.15, 0.2) is 10.3 Å². The largest absolute Gasteiger partial charge is 0.415 e. The standard InChI is InChI=1S/C29H54N2O4Si2/c1-28-16-15-21(35-37(8,9)10)17-20(28)11-12-22-23-13-14-24(26(31-33-4)19-34-36(5,6)7)29(23,2)18-25(27(22)28)30-32-3/h20-24,27H,11-19H2,1-10H3/b30-25+,31-26+/t20-,21-,22?,23?,24?,27?,28?,29?/m1/s1. The molecule has 0 aromatic heterocycles. The van der Waals surface area contributed by atoms with Gasteiger partial charge in [-0.15, -0.1) is 0 Å². The summed E-state index contributed by atoms with van der Waals surface area (Å²) in [5.74, 6) is 2.93. The molecule has 4 fully saturated rings. The maximum Gasteiger partial charge on any atom is 0.184 e. The van der Waals surface area contributed by atoms with Gasteiger partial charge in [-0.25, -0.2) is 0 Å². The second-order valence-corrected chi connectivity index (χ2v) is 23.9. The van der Waals surface area contributed by atoms with Gasteiger partial charge in [0.25, 0.3) is 0 Å². The monoisotopic (exact) mass is 550 g/mol. The van der Waals surface area contributed by atoms with E-state index in [9.17, 15) is 0 Å². The molecular weight excluding hydrogens is 497 g/mol. The van der Waals surface area contributed by atoms with Crippen LogP contribution >= 0.6 is 0 Å². The molecule has 0 radical (unpaired) electrons. The van der Waals surface area contributed by atoms with Crippen molar-refractivity contribution in [3.05, 3.63) is 0 Å². The van der Waals surface area contributed by atoms with E-state index >= 15 is 0 Å². The maximum absolute atomic E-state index is 6.63. The number of hydrogen-bond donors (Lipinski definition) is 0. The average molecular weight is 551 g/mol. The number of oxime groups is 2. The van der Waals surface area contributed by atoms with Crippen molar-refractivity contribution in [2.24, 2.45) is 50.7 Å². The third-order valence-corrected chi connectivity index (χ3v) is 12.4. The summed E-state index contributed by atoms with van der Waals surface area (Å²) in [5.41, 5.74) is 2.79. The lowest BCUT2D eigenvalue weighted by Gasteiger charge is -2.61. The molecule has 4 aliphatic rings. The van der Waals surface area contributed by atoms with Crippen LogP contribution in [0.5, 0.6) is 0 Å². The van der Waals surface area contributed by atoms with Gasteiger partial charge in [0.2, 0.25) is 0 Å². The summed E-state index contributed by atoms with van der Waals surface area (Å²) in [4.78, 5) is 10.9. The number of rotatable bonds is 8. The van der Waals surface area contributed by atoms with Gasteiger partial charge < -0.3 is 18.5 Å². The van der Waals surface area contributed by atoms with Crippen LogP contribution in [0.3, 0.4) is 0 Å². The van der Waals surface area contributed by atoms with Crippen LogP contribution in [-0.4, -0.2) is 55.0 Å². The van der Waals surface area contributed by atoms with E-state index in [1.165, 1.54) is 44.2 Å². The van der Waals surface area contributed by atoms with E-state index in [0.717, 1.165) is 18.6 Å². The zero-order valence-electron chi connectivity index (χ0n) is 25.4. The fourth-order valence-corrected chi connectivity index (χ4v) is 10.8. The molecule has 212 valence electrons. The molecule has 8 atom stereocenters. The number of nitrogens with zero attached hydrogens (tertiary/aromatic N) is 2. The third-order valence-electron chi connectivity index (χ3n) is 10.3. The van der Waals surface area contributed by atoms with Crippen molar-refractivity contribution in [1.82, 2.24) is 0 Å². The lowest BCUT2D eigenvalue weighted by molar-refractivity contribution is -0.0792. The summed E-state index contributed by atoms with van der Waals surface area (Å²) < 4.78 is 13.0. The molecule has 0 bridgehead atoms. The van der Waals surface area contributed by atoms with Gasteiger partial charge in [0.15, 0.2) is 16.6 Å². The van der Waals surface area contributed by atoms with E-state index in [0.29, 0.717) is 42.3 Å². The van der Waals surface area contributed by atoms with Gasteiger partial charge in [0, 0.05) is 17.9 Å². The smallest absolute Gasteiger partial charge is 0.184 e. The van der Waals surface area contributed by atoms with Gasteiger partial charge in [0.05, 0.1) is 18.0 Å². The lowest BCUT2D eigenvalue weighted by atomic mass is 9.44. The highest BCUT2D eigenvalue weighted by molar-refractivity contribution is 6.70. The minimum atomic E-state index is -1.66. The quantitative estimate of drug-likeness (QED) is 0.180. The van der Waals surface area contributed by atoms with E-state index in [4.69, 9.17) is 23.7 Å². The van der Waals surface area contributed by atoms with Crippen molar-refractivity contribution in [3.63, 3.8) is 0 Å². The molecular formula is C29H54N2O4Si2. The van der Waals surface area contributed by atoms with Crippen molar-refractivity contribution < 1.29 is 18.5 Å². The van der Waals surface area contributed by atoms with Crippen LogP contribution in [0, 0.1) is 40.4 Å². The molecule has 0 aliphatic heterocycles. The first-order chi connectivity index (χ1) is 17.2. The molecule has 0 N–H and O–H groups in total. The topological polar surface area (TPSA) is 61.6 Å². The van der Waals surface area contributed by atoms with Crippen molar-refractivity contribution in [3.8, 4) is 0 Å². The zero-order chi connectivity index (χ0) is 27.2. The molecule has 0 aromatic carbocycles. The Bertz CT molecular complexity index is 882. The fourth-order valence-electron chi connectivity index (χ4n) is 9.03. The van der Waals surface area contributed by atoms with Gasteiger partial charge in [-0.1, -0.05) is 24.2 Å². The minimum absolute atomic E-state index is 0.111. The second-order valence-electron chi connectivity index (χ2n) is 14.9. The summed E-state index contributed by atoms with van der Waals surface area (Å²) in [7, 11) is 0.203. The predicted molar refractivity (Wildman–Crippen MR) is 157 cm³/mol. The van der Waals surface area contributed by atoms with Gasteiger partial charge in [0.1, 0.15) is 14.2 Å². The molecule has 4 aliphatic carbocycles. The van der Waals surface area contributed by atoms with Gasteiger partial charge in [-0.3, -0.25) is 0 Å². The Morgan fingerprint density at radius 3 is 2.24 bits per heavy atom. The van der Waals surface area contributed by atoms with Crippen molar-refractivity contribution >= 4 is 28.1 Å². The van der Waals surface area contributed by atoms with Crippen molar-refractivity contribution in [2.75, 3.05) is 20.8 Å². The summed E-state index contributed by atoms with van der Waals surface area (Å²) in [5, 5.41) is 9.38. The lowest BCUT2D eigenvalue weighted by Crippen LogP contribution is -2.58. The fraction of sp³-hybridized carbons (Fsp3) is 0.931. The van der Waals surface area contributed by atoms with Crippen LogP contribution in [0.25, 0.3) is 0 Å². The Hall–Kier alpha value is -0.706. The predicted octanol–water partition coefficient (Wildman–Crippen LogP) is 7.33. The number of fused-ring (bicyclic) bond motifs is 5. The zero-order valence-corrected chi connectivity index (χ0v) is 27.4. The molecule has 4 rings (SSSR count). The Morgan fingerprint density at radius 1 is 0.892 bits per heavy atom. The molecule has 0 saturated heterocycles. The first kappa shape index (κ1) is 29.3. The minimum Gasteiger partial charge on any atom is -0.415 e.